The van der Waals surface area contributed by atoms with E-state index in [0.717, 1.165) is 19.3 Å². The Morgan fingerprint density at radius 2 is 1.90 bits per heavy atom. The van der Waals surface area contributed by atoms with Gasteiger partial charge in [-0.2, -0.15) is 0 Å². The van der Waals surface area contributed by atoms with Crippen LogP contribution in [0.5, 0.6) is 0 Å². The molecule has 1 aromatic rings. The molecular formula is C18H27NO. The number of aldehydes is 1. The fraction of sp³-hybridized carbons (Fsp3) is 0.500. The van der Waals surface area contributed by atoms with Crippen molar-refractivity contribution in [3.8, 4) is 0 Å². The number of allylic oxidation sites excluding steroid dienone is 2. The summed E-state index contributed by atoms with van der Waals surface area (Å²) in [5.74, 6) is 0. The standard InChI is InChI=1S/C18H27NO/c1-2-3-4-5-6-8-14-19-18-13-10-12-17(16-18)11-7-9-15-20/h7,9-10,12-13,15-16,19H,2-6,8,11,14H2,1H3. The first-order chi connectivity index (χ1) is 9.86. The maximum absolute atomic E-state index is 10.2. The van der Waals surface area contributed by atoms with Gasteiger partial charge in [0.15, 0.2) is 0 Å². The molecule has 1 rings (SSSR count). The number of benzene rings is 1. The Morgan fingerprint density at radius 3 is 2.70 bits per heavy atom. The van der Waals surface area contributed by atoms with Crippen molar-refractivity contribution in [3.63, 3.8) is 0 Å². The van der Waals surface area contributed by atoms with Gasteiger partial charge in [-0.25, -0.2) is 0 Å². The van der Waals surface area contributed by atoms with Gasteiger partial charge in [0, 0.05) is 12.2 Å². The van der Waals surface area contributed by atoms with Gasteiger partial charge in [-0.05, 0) is 36.6 Å². The molecule has 0 radical (unpaired) electrons. The summed E-state index contributed by atoms with van der Waals surface area (Å²) >= 11 is 0. The van der Waals surface area contributed by atoms with Crippen LogP contribution in [0, 0.1) is 0 Å². The first-order valence-corrected chi connectivity index (χ1v) is 7.80. The minimum absolute atomic E-state index is 0.811. The van der Waals surface area contributed by atoms with Gasteiger partial charge in [0.25, 0.3) is 0 Å². The average Bonchev–Trinajstić information content (AvgIpc) is 2.47. The number of hydrogen-bond acceptors (Lipinski definition) is 2. The van der Waals surface area contributed by atoms with E-state index in [0.29, 0.717) is 0 Å². The van der Waals surface area contributed by atoms with E-state index in [-0.39, 0.29) is 0 Å². The molecule has 0 atom stereocenters. The predicted molar refractivity (Wildman–Crippen MR) is 87.2 cm³/mol. The Labute approximate surface area is 123 Å². The van der Waals surface area contributed by atoms with Crippen molar-refractivity contribution in [1.82, 2.24) is 0 Å². The Bertz CT molecular complexity index is 398. The quantitative estimate of drug-likeness (QED) is 0.358. The highest BCUT2D eigenvalue weighted by Crippen LogP contribution is 2.12. The summed E-state index contributed by atoms with van der Waals surface area (Å²) in [6.07, 6.45) is 13.0. The normalized spacial score (nSPS) is 10.8. The van der Waals surface area contributed by atoms with E-state index >= 15 is 0 Å². The van der Waals surface area contributed by atoms with Gasteiger partial charge in [-0.1, -0.05) is 57.2 Å². The van der Waals surface area contributed by atoms with Crippen molar-refractivity contribution in [2.45, 2.75) is 51.9 Å². The summed E-state index contributed by atoms with van der Waals surface area (Å²) in [4.78, 5) is 10.2. The molecule has 110 valence electrons. The van der Waals surface area contributed by atoms with Crippen LogP contribution in [0.1, 0.15) is 51.0 Å². The molecule has 2 heteroatoms. The molecule has 20 heavy (non-hydrogen) atoms. The number of nitrogens with one attached hydrogen (secondary N) is 1. The van der Waals surface area contributed by atoms with Crippen molar-refractivity contribution in [2.75, 3.05) is 11.9 Å². The van der Waals surface area contributed by atoms with E-state index < -0.39 is 0 Å². The zero-order valence-corrected chi connectivity index (χ0v) is 12.6. The van der Waals surface area contributed by atoms with Gasteiger partial charge in [0.2, 0.25) is 0 Å². The lowest BCUT2D eigenvalue weighted by Crippen LogP contribution is -2.01. The molecule has 0 amide bonds. The number of unbranched alkanes of at least 4 members (excludes halogenated alkanes) is 5. The Balaban J connectivity index is 2.21. The van der Waals surface area contributed by atoms with E-state index in [4.69, 9.17) is 0 Å². The minimum atomic E-state index is 0.811. The maximum Gasteiger partial charge on any atom is 0.142 e. The van der Waals surface area contributed by atoms with Crippen LogP contribution in [0.25, 0.3) is 0 Å². The summed E-state index contributed by atoms with van der Waals surface area (Å²) in [6.45, 7) is 3.29. The van der Waals surface area contributed by atoms with Crippen LogP contribution in [0.2, 0.25) is 0 Å². The molecule has 0 spiro atoms. The highest BCUT2D eigenvalue weighted by atomic mass is 16.1. The smallest absolute Gasteiger partial charge is 0.142 e. The van der Waals surface area contributed by atoms with Gasteiger partial charge >= 0.3 is 0 Å². The van der Waals surface area contributed by atoms with Crippen LogP contribution < -0.4 is 5.32 Å². The van der Waals surface area contributed by atoms with Crippen molar-refractivity contribution >= 4 is 12.0 Å². The summed E-state index contributed by atoms with van der Waals surface area (Å²) in [5, 5.41) is 3.47. The van der Waals surface area contributed by atoms with Crippen molar-refractivity contribution < 1.29 is 4.79 Å². The van der Waals surface area contributed by atoms with Gasteiger partial charge < -0.3 is 5.32 Å². The van der Waals surface area contributed by atoms with Crippen LogP contribution >= 0.6 is 0 Å². The lowest BCUT2D eigenvalue weighted by Gasteiger charge is -2.07. The fourth-order valence-corrected chi connectivity index (χ4v) is 2.21. The molecule has 0 aliphatic heterocycles. The van der Waals surface area contributed by atoms with Gasteiger partial charge in [-0.15, -0.1) is 0 Å². The van der Waals surface area contributed by atoms with Crippen LogP contribution in [0.15, 0.2) is 36.4 Å². The summed E-state index contributed by atoms with van der Waals surface area (Å²) in [7, 11) is 0. The second-order valence-corrected chi connectivity index (χ2v) is 5.16. The molecule has 0 saturated carbocycles. The van der Waals surface area contributed by atoms with E-state index in [2.05, 4.69) is 36.5 Å². The number of anilines is 1. The molecule has 0 aromatic heterocycles. The molecular weight excluding hydrogens is 246 g/mol. The first kappa shape index (κ1) is 16.5. The SMILES string of the molecule is CCCCCCCCNc1cccc(CC=CC=O)c1. The third-order valence-electron chi connectivity index (χ3n) is 3.35. The molecule has 0 aliphatic rings. The van der Waals surface area contributed by atoms with Crippen molar-refractivity contribution in [3.05, 3.63) is 42.0 Å². The third kappa shape index (κ3) is 7.78. The Kier molecular flexibility index (Phi) is 9.29. The van der Waals surface area contributed by atoms with Gasteiger partial charge in [0.05, 0.1) is 0 Å². The zero-order chi connectivity index (χ0) is 14.5. The van der Waals surface area contributed by atoms with E-state index in [9.17, 15) is 4.79 Å². The van der Waals surface area contributed by atoms with E-state index in [1.165, 1.54) is 49.8 Å². The average molecular weight is 273 g/mol. The van der Waals surface area contributed by atoms with Gasteiger partial charge in [-0.3, -0.25) is 4.79 Å². The number of carbonyl (C=O) groups is 1. The van der Waals surface area contributed by atoms with E-state index in [1.807, 2.05) is 6.08 Å². The van der Waals surface area contributed by atoms with Crippen molar-refractivity contribution in [2.24, 2.45) is 0 Å². The molecule has 2 nitrogen and oxygen atoms in total. The molecule has 1 N–H and O–H groups in total. The minimum Gasteiger partial charge on any atom is -0.385 e. The summed E-state index contributed by atoms with van der Waals surface area (Å²) in [5.41, 5.74) is 2.41. The molecule has 0 unspecified atom stereocenters. The lowest BCUT2D eigenvalue weighted by molar-refractivity contribution is -0.104. The summed E-state index contributed by atoms with van der Waals surface area (Å²) < 4.78 is 0. The van der Waals surface area contributed by atoms with Crippen LogP contribution in [-0.2, 0) is 11.2 Å². The second kappa shape index (κ2) is 11.3. The molecule has 0 bridgehead atoms. The molecule has 0 fully saturated rings. The topological polar surface area (TPSA) is 29.1 Å². The Hall–Kier alpha value is -1.57. The number of hydrogen-bond donors (Lipinski definition) is 1. The Morgan fingerprint density at radius 1 is 1.10 bits per heavy atom. The van der Waals surface area contributed by atoms with E-state index in [1.54, 1.807) is 6.08 Å². The summed E-state index contributed by atoms with van der Waals surface area (Å²) in [6, 6.07) is 8.41. The number of rotatable bonds is 11. The van der Waals surface area contributed by atoms with Crippen LogP contribution in [-0.4, -0.2) is 12.8 Å². The first-order valence-electron chi connectivity index (χ1n) is 7.80. The molecule has 0 aliphatic carbocycles. The van der Waals surface area contributed by atoms with Crippen LogP contribution in [0.4, 0.5) is 5.69 Å². The monoisotopic (exact) mass is 273 g/mol. The van der Waals surface area contributed by atoms with Crippen LogP contribution in [0.3, 0.4) is 0 Å². The zero-order valence-electron chi connectivity index (χ0n) is 12.6. The molecule has 0 saturated heterocycles. The number of carbonyl (C=O) groups excluding carboxylic acids is 1. The molecule has 1 aromatic carbocycles. The highest BCUT2D eigenvalue weighted by molar-refractivity contribution is 5.64. The lowest BCUT2D eigenvalue weighted by atomic mass is 10.1. The fourth-order valence-electron chi connectivity index (χ4n) is 2.21. The maximum atomic E-state index is 10.2. The highest BCUT2D eigenvalue weighted by Gasteiger charge is 1.95. The second-order valence-electron chi connectivity index (χ2n) is 5.16. The predicted octanol–water partition coefficient (Wildman–Crippen LogP) is 4.76. The van der Waals surface area contributed by atoms with Gasteiger partial charge in [0.1, 0.15) is 6.29 Å². The third-order valence-corrected chi connectivity index (χ3v) is 3.35. The largest absolute Gasteiger partial charge is 0.385 e. The van der Waals surface area contributed by atoms with Crippen molar-refractivity contribution in [1.29, 1.82) is 0 Å². The molecule has 0 heterocycles.